The van der Waals surface area contributed by atoms with Gasteiger partial charge in [-0.05, 0) is 38.1 Å². The summed E-state index contributed by atoms with van der Waals surface area (Å²) in [5.74, 6) is 2.26. The fourth-order valence-electron chi connectivity index (χ4n) is 2.38. The molecule has 0 fully saturated rings. The van der Waals surface area contributed by atoms with Crippen molar-refractivity contribution in [2.45, 2.75) is 13.8 Å². The Morgan fingerprint density at radius 1 is 1.00 bits per heavy atom. The minimum absolute atomic E-state index is 0.674. The SMILES string of the molecule is COc1ccc(-c2cnnn2-c2cc(OC)c(C)c(C)n2)cc1. The predicted molar refractivity (Wildman–Crippen MR) is 87.2 cm³/mol. The Morgan fingerprint density at radius 3 is 2.39 bits per heavy atom. The van der Waals surface area contributed by atoms with E-state index in [0.717, 1.165) is 34.0 Å². The van der Waals surface area contributed by atoms with Gasteiger partial charge in [0.25, 0.3) is 0 Å². The van der Waals surface area contributed by atoms with Gasteiger partial charge < -0.3 is 9.47 Å². The number of pyridine rings is 1. The number of hydrogen-bond acceptors (Lipinski definition) is 5. The van der Waals surface area contributed by atoms with Crippen LogP contribution in [0.3, 0.4) is 0 Å². The van der Waals surface area contributed by atoms with Crippen molar-refractivity contribution < 1.29 is 9.47 Å². The molecule has 2 heterocycles. The zero-order valence-corrected chi connectivity index (χ0v) is 13.6. The first-order valence-electron chi connectivity index (χ1n) is 7.21. The second kappa shape index (κ2) is 6.08. The average Bonchev–Trinajstić information content (AvgIpc) is 3.07. The molecule has 0 aliphatic rings. The summed E-state index contributed by atoms with van der Waals surface area (Å²) in [6, 6.07) is 9.60. The zero-order valence-electron chi connectivity index (χ0n) is 13.6. The molecule has 0 atom stereocenters. The van der Waals surface area contributed by atoms with Gasteiger partial charge in [-0.15, -0.1) is 5.10 Å². The van der Waals surface area contributed by atoms with Gasteiger partial charge in [0.15, 0.2) is 5.82 Å². The molecule has 3 rings (SSSR count). The third-order valence-electron chi connectivity index (χ3n) is 3.83. The van der Waals surface area contributed by atoms with Gasteiger partial charge in [-0.1, -0.05) is 5.21 Å². The highest BCUT2D eigenvalue weighted by atomic mass is 16.5. The van der Waals surface area contributed by atoms with Crippen molar-refractivity contribution in [3.05, 3.63) is 47.8 Å². The zero-order chi connectivity index (χ0) is 16.4. The maximum absolute atomic E-state index is 5.42. The smallest absolute Gasteiger partial charge is 0.159 e. The number of aryl methyl sites for hydroxylation is 1. The summed E-state index contributed by atoms with van der Waals surface area (Å²) >= 11 is 0. The van der Waals surface area contributed by atoms with E-state index >= 15 is 0 Å². The summed E-state index contributed by atoms with van der Waals surface area (Å²) in [5.41, 5.74) is 3.75. The van der Waals surface area contributed by atoms with Crippen LogP contribution in [0.5, 0.6) is 11.5 Å². The van der Waals surface area contributed by atoms with Crippen LogP contribution < -0.4 is 9.47 Å². The van der Waals surface area contributed by atoms with Crippen LogP contribution in [0.1, 0.15) is 11.3 Å². The van der Waals surface area contributed by atoms with Crippen molar-refractivity contribution in [3.8, 4) is 28.6 Å². The van der Waals surface area contributed by atoms with Crippen LogP contribution in [0.25, 0.3) is 17.1 Å². The van der Waals surface area contributed by atoms with Crippen molar-refractivity contribution in [2.24, 2.45) is 0 Å². The Balaban J connectivity index is 2.09. The quantitative estimate of drug-likeness (QED) is 0.741. The lowest BCUT2D eigenvalue weighted by atomic mass is 10.1. The van der Waals surface area contributed by atoms with E-state index in [4.69, 9.17) is 9.47 Å². The van der Waals surface area contributed by atoms with Crippen LogP contribution in [-0.4, -0.2) is 34.2 Å². The third kappa shape index (κ3) is 2.75. The first-order chi connectivity index (χ1) is 11.1. The number of hydrogen-bond donors (Lipinski definition) is 0. The van der Waals surface area contributed by atoms with Crippen LogP contribution in [0.15, 0.2) is 36.5 Å². The van der Waals surface area contributed by atoms with Crippen LogP contribution >= 0.6 is 0 Å². The van der Waals surface area contributed by atoms with Gasteiger partial charge in [-0.3, -0.25) is 0 Å². The average molecular weight is 310 g/mol. The van der Waals surface area contributed by atoms with Crippen molar-refractivity contribution >= 4 is 0 Å². The van der Waals surface area contributed by atoms with Gasteiger partial charge >= 0.3 is 0 Å². The van der Waals surface area contributed by atoms with Crippen molar-refractivity contribution in [1.29, 1.82) is 0 Å². The molecule has 0 saturated heterocycles. The monoisotopic (exact) mass is 310 g/mol. The number of aromatic nitrogens is 4. The van der Waals surface area contributed by atoms with Gasteiger partial charge in [-0.2, -0.15) is 4.68 Å². The maximum Gasteiger partial charge on any atom is 0.159 e. The molecule has 1 aromatic carbocycles. The van der Waals surface area contributed by atoms with Gasteiger partial charge in [-0.25, -0.2) is 4.98 Å². The molecule has 0 saturated carbocycles. The Kier molecular flexibility index (Phi) is 3.97. The number of methoxy groups -OCH3 is 2. The minimum atomic E-state index is 0.674. The Bertz CT molecular complexity index is 825. The number of benzene rings is 1. The topological polar surface area (TPSA) is 62.1 Å². The van der Waals surface area contributed by atoms with Crippen molar-refractivity contribution in [3.63, 3.8) is 0 Å². The molecule has 0 amide bonds. The molecule has 0 unspecified atom stereocenters. The fourth-order valence-corrected chi connectivity index (χ4v) is 2.38. The van der Waals surface area contributed by atoms with Crippen LogP contribution in [0, 0.1) is 13.8 Å². The van der Waals surface area contributed by atoms with Crippen molar-refractivity contribution in [1.82, 2.24) is 20.0 Å². The fraction of sp³-hybridized carbons (Fsp3) is 0.235. The second-order valence-electron chi connectivity index (χ2n) is 5.15. The van der Waals surface area contributed by atoms with Gasteiger partial charge in [0.1, 0.15) is 11.5 Å². The van der Waals surface area contributed by atoms with E-state index in [2.05, 4.69) is 15.3 Å². The Labute approximate surface area is 134 Å². The maximum atomic E-state index is 5.42. The predicted octanol–water partition coefficient (Wildman–Crippen LogP) is 2.96. The highest BCUT2D eigenvalue weighted by Crippen LogP contribution is 2.26. The standard InChI is InChI=1S/C17H18N4O2/c1-11-12(2)19-17(9-16(11)23-4)21-15(10-18-20-21)13-5-7-14(22-3)8-6-13/h5-10H,1-4H3. The van der Waals surface area contributed by atoms with E-state index < -0.39 is 0 Å². The largest absolute Gasteiger partial charge is 0.497 e. The van der Waals surface area contributed by atoms with Gasteiger partial charge in [0, 0.05) is 22.9 Å². The highest BCUT2D eigenvalue weighted by Gasteiger charge is 2.13. The summed E-state index contributed by atoms with van der Waals surface area (Å²) in [4.78, 5) is 4.60. The lowest BCUT2D eigenvalue weighted by Crippen LogP contribution is -2.05. The lowest BCUT2D eigenvalue weighted by Gasteiger charge is -2.11. The molecule has 0 spiro atoms. The van der Waals surface area contributed by atoms with E-state index in [1.807, 2.05) is 44.2 Å². The van der Waals surface area contributed by atoms with E-state index in [0.29, 0.717) is 5.82 Å². The van der Waals surface area contributed by atoms with Crippen LogP contribution in [-0.2, 0) is 0 Å². The summed E-state index contributed by atoms with van der Waals surface area (Å²) in [5, 5.41) is 8.19. The summed E-state index contributed by atoms with van der Waals surface area (Å²) < 4.78 is 12.3. The van der Waals surface area contributed by atoms with E-state index in [9.17, 15) is 0 Å². The summed E-state index contributed by atoms with van der Waals surface area (Å²) in [6.45, 7) is 3.93. The molecule has 0 radical (unpaired) electrons. The molecule has 0 bridgehead atoms. The highest BCUT2D eigenvalue weighted by molar-refractivity contribution is 5.61. The molecule has 0 aliphatic carbocycles. The molecule has 3 aromatic rings. The van der Waals surface area contributed by atoms with E-state index in [-0.39, 0.29) is 0 Å². The van der Waals surface area contributed by atoms with Crippen molar-refractivity contribution in [2.75, 3.05) is 14.2 Å². The molecular formula is C17H18N4O2. The molecule has 23 heavy (non-hydrogen) atoms. The molecule has 118 valence electrons. The molecular weight excluding hydrogens is 292 g/mol. The third-order valence-corrected chi connectivity index (χ3v) is 3.83. The number of nitrogens with zero attached hydrogens (tertiary/aromatic N) is 4. The van der Waals surface area contributed by atoms with Gasteiger partial charge in [0.05, 0.1) is 26.1 Å². The second-order valence-corrected chi connectivity index (χ2v) is 5.15. The summed E-state index contributed by atoms with van der Waals surface area (Å²) in [6.07, 6.45) is 1.71. The molecule has 0 N–H and O–H groups in total. The first-order valence-corrected chi connectivity index (χ1v) is 7.21. The van der Waals surface area contributed by atoms with E-state index in [1.165, 1.54) is 0 Å². The van der Waals surface area contributed by atoms with E-state index in [1.54, 1.807) is 25.1 Å². The normalized spacial score (nSPS) is 10.6. The molecule has 6 nitrogen and oxygen atoms in total. The van der Waals surface area contributed by atoms with Crippen LogP contribution in [0.4, 0.5) is 0 Å². The molecule has 0 aliphatic heterocycles. The summed E-state index contributed by atoms with van der Waals surface area (Å²) in [7, 11) is 3.30. The lowest BCUT2D eigenvalue weighted by molar-refractivity contribution is 0.410. The Hall–Kier alpha value is -2.89. The van der Waals surface area contributed by atoms with Crippen LogP contribution in [0.2, 0.25) is 0 Å². The molecule has 6 heteroatoms. The Morgan fingerprint density at radius 2 is 1.74 bits per heavy atom. The number of ether oxygens (including phenoxy) is 2. The number of rotatable bonds is 4. The van der Waals surface area contributed by atoms with Gasteiger partial charge in [0.2, 0.25) is 0 Å². The first kappa shape index (κ1) is 15.0. The minimum Gasteiger partial charge on any atom is -0.497 e. The molecule has 2 aromatic heterocycles.